The van der Waals surface area contributed by atoms with Crippen molar-refractivity contribution in [1.82, 2.24) is 35.2 Å². The number of hydrogen-bond donors (Lipinski definition) is 1. The summed E-state index contributed by atoms with van der Waals surface area (Å²) in [6.45, 7) is 10.2. The molecule has 0 spiro atoms. The Morgan fingerprint density at radius 1 is 1.15 bits per heavy atom. The van der Waals surface area contributed by atoms with Gasteiger partial charge in [-0.05, 0) is 61.2 Å². The number of allylic oxidation sites excluding steroid dienone is 2. The number of carbonyl (C=O) groups excluding carboxylic acids is 1. The van der Waals surface area contributed by atoms with E-state index >= 15 is 0 Å². The van der Waals surface area contributed by atoms with Crippen LogP contribution in [0.15, 0.2) is 58.7 Å². The van der Waals surface area contributed by atoms with Crippen LogP contribution in [-0.4, -0.2) is 61.4 Å². The van der Waals surface area contributed by atoms with Gasteiger partial charge in [-0.2, -0.15) is 0 Å². The fraction of sp³-hybridized carbons (Fsp3) is 0.444. The molecule has 2 aromatic heterocycles. The van der Waals surface area contributed by atoms with E-state index in [4.69, 9.17) is 4.42 Å². The summed E-state index contributed by atoms with van der Waals surface area (Å²) < 4.78 is 43.1. The molecule has 1 N–H and O–H groups in total. The number of aromatic nitrogens is 5. The fourth-order valence-electron chi connectivity index (χ4n) is 4.29. The Labute approximate surface area is 229 Å². The number of rotatable bonds is 5. The number of hydrogen-bond acceptors (Lipinski definition) is 9. The van der Waals surface area contributed by atoms with Gasteiger partial charge in [-0.15, -0.1) is 28.5 Å². The van der Waals surface area contributed by atoms with E-state index in [1.165, 1.54) is 18.4 Å². The lowest BCUT2D eigenvalue weighted by molar-refractivity contribution is -0.304. The number of likely N-dealkylation sites (tertiary alicyclic amines) is 1. The molecule has 1 aromatic carbocycles. The zero-order valence-electron chi connectivity index (χ0n) is 22.8. The molecule has 0 amide bonds. The highest BCUT2D eigenvalue weighted by Crippen LogP contribution is 2.31. The van der Waals surface area contributed by atoms with Crippen molar-refractivity contribution in [3.63, 3.8) is 0 Å². The second-order valence-corrected chi connectivity index (χ2v) is 10.3. The van der Waals surface area contributed by atoms with Crippen LogP contribution in [0.2, 0.25) is 0 Å². The highest BCUT2D eigenvalue weighted by Gasteiger charge is 2.32. The maximum absolute atomic E-state index is 10.9. The van der Waals surface area contributed by atoms with Crippen LogP contribution in [0, 0.1) is 12.3 Å². The predicted molar refractivity (Wildman–Crippen MR) is 140 cm³/mol. The van der Waals surface area contributed by atoms with Gasteiger partial charge in [0.2, 0.25) is 11.7 Å². The van der Waals surface area contributed by atoms with Crippen LogP contribution in [0.25, 0.3) is 23.2 Å². The molecule has 2 aliphatic heterocycles. The molecule has 0 saturated carbocycles. The van der Waals surface area contributed by atoms with Crippen LogP contribution in [0.3, 0.4) is 0 Å². The summed E-state index contributed by atoms with van der Waals surface area (Å²) in [5.41, 5.74) is 2.52. The summed E-state index contributed by atoms with van der Waals surface area (Å²) in [5.74, 6) is 0.701. The third-order valence-corrected chi connectivity index (χ3v) is 6.57. The van der Waals surface area contributed by atoms with Crippen molar-refractivity contribution in [3.05, 3.63) is 60.1 Å². The zero-order valence-corrected chi connectivity index (χ0v) is 22.8. The zero-order chi connectivity index (χ0) is 28.9. The molecule has 10 nitrogen and oxygen atoms in total. The van der Waals surface area contributed by atoms with Crippen molar-refractivity contribution < 1.29 is 27.1 Å². The third-order valence-electron chi connectivity index (χ3n) is 6.57. The molecule has 2 aliphatic rings. The summed E-state index contributed by atoms with van der Waals surface area (Å²) in [5, 5.41) is 16.4. The van der Waals surface area contributed by atoms with Gasteiger partial charge < -0.3 is 14.5 Å². The molecular formula is C27H32F3N7O3. The van der Waals surface area contributed by atoms with Gasteiger partial charge in [0, 0.05) is 25.6 Å². The molecule has 1 saturated heterocycles. The van der Waals surface area contributed by atoms with Crippen LogP contribution >= 0.6 is 0 Å². The molecule has 214 valence electrons. The minimum Gasteiger partial charge on any atom is -0.413 e. The highest BCUT2D eigenvalue weighted by atomic mass is 19.4. The van der Waals surface area contributed by atoms with Gasteiger partial charge in [-0.3, -0.25) is 9.69 Å². The fourth-order valence-corrected chi connectivity index (χ4v) is 4.29. The summed E-state index contributed by atoms with van der Waals surface area (Å²) in [7, 11) is 0. The van der Waals surface area contributed by atoms with Crippen LogP contribution in [0.1, 0.15) is 39.4 Å². The molecule has 0 aliphatic carbocycles. The van der Waals surface area contributed by atoms with Gasteiger partial charge in [0.25, 0.3) is 5.89 Å². The highest BCUT2D eigenvalue weighted by molar-refractivity contribution is 5.66. The molecule has 40 heavy (non-hydrogen) atoms. The Morgan fingerprint density at radius 2 is 1.82 bits per heavy atom. The molecule has 0 radical (unpaired) electrons. The molecule has 1 fully saturated rings. The van der Waals surface area contributed by atoms with Gasteiger partial charge in [-0.1, -0.05) is 32.0 Å². The van der Waals surface area contributed by atoms with E-state index in [1.54, 1.807) is 0 Å². The summed E-state index contributed by atoms with van der Waals surface area (Å²) in [4.78, 5) is 16.6. The van der Waals surface area contributed by atoms with Crippen molar-refractivity contribution in [1.29, 1.82) is 0 Å². The van der Waals surface area contributed by atoms with E-state index in [2.05, 4.69) is 61.2 Å². The van der Waals surface area contributed by atoms with Crippen molar-refractivity contribution in [2.24, 2.45) is 5.41 Å². The lowest BCUT2D eigenvalue weighted by atomic mass is 9.82. The Bertz CT molecular complexity index is 1350. The Hall–Kier alpha value is -4.00. The first-order valence-electron chi connectivity index (χ1n) is 12.8. The Kier molecular flexibility index (Phi) is 8.72. The Balaban J connectivity index is 0.000000406. The second-order valence-electron chi connectivity index (χ2n) is 10.3. The molecule has 3 aromatic rings. The normalized spacial score (nSPS) is 18.8. The first kappa shape index (κ1) is 29.0. The SMILES string of the molecule is CC(=O)OC(F)(F)F.Cc1nc(-c2nnc(-c3ccccc3)o2)nn1CC1=CC(N2CCC(C)(C)CC2)NC=C1. The van der Waals surface area contributed by atoms with Gasteiger partial charge in [0.1, 0.15) is 5.82 Å². The van der Waals surface area contributed by atoms with Crippen LogP contribution in [-0.2, 0) is 16.1 Å². The summed E-state index contributed by atoms with van der Waals surface area (Å²) in [6.07, 6.45) is 4.27. The average molecular weight is 560 g/mol. The van der Waals surface area contributed by atoms with E-state index in [1.807, 2.05) is 48.1 Å². The number of dihydropyridines is 1. The number of benzene rings is 1. The van der Waals surface area contributed by atoms with E-state index < -0.39 is 12.3 Å². The van der Waals surface area contributed by atoms with Crippen LogP contribution in [0.5, 0.6) is 0 Å². The van der Waals surface area contributed by atoms with Crippen molar-refractivity contribution >= 4 is 5.97 Å². The average Bonchev–Trinajstić information content (AvgIpc) is 3.51. The van der Waals surface area contributed by atoms with E-state index in [9.17, 15) is 18.0 Å². The number of esters is 1. The van der Waals surface area contributed by atoms with Gasteiger partial charge in [-0.25, -0.2) is 9.67 Å². The molecular weight excluding hydrogens is 527 g/mol. The molecule has 13 heteroatoms. The van der Waals surface area contributed by atoms with Gasteiger partial charge >= 0.3 is 12.3 Å². The number of aryl methyl sites for hydroxylation is 1. The number of carbonyl (C=O) groups is 1. The maximum Gasteiger partial charge on any atom is 0.575 e. The van der Waals surface area contributed by atoms with E-state index in [0.29, 0.717) is 36.5 Å². The minimum atomic E-state index is -4.83. The number of nitrogens with one attached hydrogen (secondary N) is 1. The standard InChI is InChI=1S/C24H29N7O.C3H3F3O2/c1-17-26-21(23-28-27-22(32-23)19-7-5-4-6-8-19)29-31(17)16-18-9-12-25-20(15-18)30-13-10-24(2,3)11-14-30;1-2(7)8-3(4,5)6/h4-9,12,15,20,25H,10-11,13-14,16H2,1-3H3;1H3. The lowest BCUT2D eigenvalue weighted by Crippen LogP contribution is -2.48. The smallest absolute Gasteiger partial charge is 0.413 e. The third kappa shape index (κ3) is 8.01. The van der Waals surface area contributed by atoms with Crippen molar-refractivity contribution in [2.75, 3.05) is 13.1 Å². The topological polar surface area (TPSA) is 111 Å². The summed E-state index contributed by atoms with van der Waals surface area (Å²) >= 11 is 0. The largest absolute Gasteiger partial charge is 0.575 e. The van der Waals surface area contributed by atoms with Crippen LogP contribution in [0.4, 0.5) is 13.2 Å². The monoisotopic (exact) mass is 559 g/mol. The summed E-state index contributed by atoms with van der Waals surface area (Å²) in [6, 6.07) is 9.70. The predicted octanol–water partition coefficient (Wildman–Crippen LogP) is 4.86. The molecule has 5 rings (SSSR count). The number of ether oxygens (including phenoxy) is 1. The number of halogens is 3. The number of nitrogens with zero attached hydrogens (tertiary/aromatic N) is 6. The quantitative estimate of drug-likeness (QED) is 0.438. The number of alkyl halides is 3. The number of piperidine rings is 1. The van der Waals surface area contributed by atoms with Crippen LogP contribution < -0.4 is 5.32 Å². The Morgan fingerprint density at radius 3 is 2.45 bits per heavy atom. The molecule has 1 atom stereocenters. The van der Waals surface area contributed by atoms with E-state index in [0.717, 1.165) is 24.5 Å². The molecule has 4 heterocycles. The molecule has 1 unspecified atom stereocenters. The first-order valence-corrected chi connectivity index (χ1v) is 12.8. The van der Waals surface area contributed by atoms with Crippen molar-refractivity contribution in [2.45, 2.75) is 59.6 Å². The van der Waals surface area contributed by atoms with Gasteiger partial charge in [0.05, 0.1) is 12.7 Å². The lowest BCUT2D eigenvalue weighted by Gasteiger charge is -2.41. The maximum atomic E-state index is 10.9. The second kappa shape index (κ2) is 12.0. The van der Waals surface area contributed by atoms with E-state index in [-0.39, 0.29) is 6.17 Å². The molecule has 0 bridgehead atoms. The first-order chi connectivity index (χ1) is 18.9. The van der Waals surface area contributed by atoms with Crippen molar-refractivity contribution in [3.8, 4) is 23.2 Å². The van der Waals surface area contributed by atoms with Gasteiger partial charge in [0.15, 0.2) is 0 Å². The minimum absolute atomic E-state index is 0.221.